The molecule has 1 aliphatic heterocycles. The molecule has 1 saturated heterocycles. The van der Waals surface area contributed by atoms with Crippen LogP contribution in [0.4, 0.5) is 0 Å². The monoisotopic (exact) mass is 376 g/mol. The summed E-state index contributed by atoms with van der Waals surface area (Å²) in [7, 11) is -3.55. The molecule has 0 saturated carbocycles. The lowest BCUT2D eigenvalue weighted by atomic mass is 10.1. The Bertz CT molecular complexity index is 905. The molecule has 8 nitrogen and oxygen atoms in total. The second kappa shape index (κ2) is 6.82. The third-order valence-corrected chi connectivity index (χ3v) is 6.75. The average molecular weight is 376 g/mol. The average Bonchev–Trinajstić information content (AvgIpc) is 3.32. The summed E-state index contributed by atoms with van der Waals surface area (Å²) in [5.41, 5.74) is 2.32. The minimum Gasteiger partial charge on any atom is -0.379 e. The van der Waals surface area contributed by atoms with Gasteiger partial charge in [0.05, 0.1) is 24.2 Å². The van der Waals surface area contributed by atoms with Gasteiger partial charge < -0.3 is 10.1 Å². The van der Waals surface area contributed by atoms with Gasteiger partial charge in [0.1, 0.15) is 5.69 Å². The van der Waals surface area contributed by atoms with E-state index < -0.39 is 10.0 Å². The lowest BCUT2D eigenvalue weighted by Crippen LogP contribution is -2.40. The summed E-state index contributed by atoms with van der Waals surface area (Å²) in [6, 6.07) is 6.60. The number of ether oxygens (including phenoxy) is 1. The second-order valence-electron chi connectivity index (χ2n) is 6.41. The van der Waals surface area contributed by atoms with Crippen molar-refractivity contribution in [2.24, 2.45) is 0 Å². The van der Waals surface area contributed by atoms with Crippen molar-refractivity contribution in [1.82, 2.24) is 19.8 Å². The van der Waals surface area contributed by atoms with E-state index in [-0.39, 0.29) is 16.8 Å². The number of morpholine rings is 1. The number of sulfonamides is 1. The molecular formula is C17H20N4O4S. The van der Waals surface area contributed by atoms with Crippen molar-refractivity contribution in [2.75, 3.05) is 26.3 Å². The number of nitrogens with zero attached hydrogens (tertiary/aromatic N) is 2. The number of benzene rings is 1. The summed E-state index contributed by atoms with van der Waals surface area (Å²) in [5, 5.41) is 9.37. The molecule has 2 aromatic rings. The van der Waals surface area contributed by atoms with Crippen molar-refractivity contribution in [1.29, 1.82) is 0 Å². The molecule has 26 heavy (non-hydrogen) atoms. The van der Waals surface area contributed by atoms with Crippen molar-refractivity contribution in [3.63, 3.8) is 0 Å². The number of hydrogen-bond donors (Lipinski definition) is 2. The number of hydrogen-bond acceptors (Lipinski definition) is 5. The van der Waals surface area contributed by atoms with E-state index in [9.17, 15) is 13.2 Å². The molecule has 2 heterocycles. The number of nitrogens with one attached hydrogen (secondary N) is 2. The molecule has 2 aliphatic rings. The fourth-order valence-electron chi connectivity index (χ4n) is 3.45. The molecule has 1 aromatic carbocycles. The molecule has 0 spiro atoms. The van der Waals surface area contributed by atoms with Gasteiger partial charge >= 0.3 is 0 Å². The largest absolute Gasteiger partial charge is 0.379 e. The highest BCUT2D eigenvalue weighted by Crippen LogP contribution is 2.33. The topological polar surface area (TPSA) is 104 Å². The van der Waals surface area contributed by atoms with Crippen LogP contribution in [0.1, 0.15) is 34.1 Å². The van der Waals surface area contributed by atoms with Crippen LogP contribution in [0.3, 0.4) is 0 Å². The lowest BCUT2D eigenvalue weighted by molar-refractivity contribution is 0.0730. The number of aromatic nitrogens is 2. The standard InChI is InChI=1S/C17H20N4O4S/c22-17(16-5-6-18-20-16)19-15-4-2-12-1-3-13(11-14(12)15)26(23,24)21-7-9-25-10-8-21/h1,3,5-6,11,15H,2,4,7-10H2,(H,18,20)(H,19,22)/t15-/m1/s1. The number of carbonyl (C=O) groups excluding carboxylic acids is 1. The molecule has 9 heteroatoms. The van der Waals surface area contributed by atoms with Gasteiger partial charge in [-0.25, -0.2) is 8.42 Å². The number of fused-ring (bicyclic) bond motifs is 1. The number of carbonyl (C=O) groups is 1. The number of aryl methyl sites for hydroxylation is 1. The zero-order valence-electron chi connectivity index (χ0n) is 14.1. The molecule has 138 valence electrons. The summed E-state index contributed by atoms with van der Waals surface area (Å²) in [6.45, 7) is 1.54. The lowest BCUT2D eigenvalue weighted by Gasteiger charge is -2.26. The van der Waals surface area contributed by atoms with Gasteiger partial charge in [-0.05, 0) is 42.2 Å². The van der Waals surface area contributed by atoms with Crippen LogP contribution in [-0.2, 0) is 21.2 Å². The van der Waals surface area contributed by atoms with E-state index in [4.69, 9.17) is 4.74 Å². The summed E-state index contributed by atoms with van der Waals surface area (Å²) < 4.78 is 32.4. The molecule has 1 atom stereocenters. The molecular weight excluding hydrogens is 356 g/mol. The maximum absolute atomic E-state index is 12.9. The van der Waals surface area contributed by atoms with Crippen LogP contribution < -0.4 is 5.32 Å². The van der Waals surface area contributed by atoms with Gasteiger partial charge in [-0.2, -0.15) is 9.40 Å². The van der Waals surface area contributed by atoms with Crippen LogP contribution in [-0.4, -0.2) is 55.1 Å². The van der Waals surface area contributed by atoms with Gasteiger partial charge in [-0.3, -0.25) is 9.89 Å². The van der Waals surface area contributed by atoms with Crippen molar-refractivity contribution in [3.8, 4) is 0 Å². The van der Waals surface area contributed by atoms with Gasteiger partial charge in [-0.1, -0.05) is 6.07 Å². The number of H-pyrrole nitrogens is 1. The maximum Gasteiger partial charge on any atom is 0.269 e. The third kappa shape index (κ3) is 3.13. The Hall–Kier alpha value is -2.23. The van der Waals surface area contributed by atoms with Gasteiger partial charge in [0.25, 0.3) is 5.91 Å². The minimum absolute atomic E-state index is 0.208. The molecule has 1 fully saturated rings. The van der Waals surface area contributed by atoms with Gasteiger partial charge in [0.2, 0.25) is 10.0 Å². The summed E-state index contributed by atoms with van der Waals surface area (Å²) in [5.74, 6) is -0.248. The first-order valence-electron chi connectivity index (χ1n) is 8.56. The number of rotatable bonds is 4. The van der Waals surface area contributed by atoms with Crippen molar-refractivity contribution in [2.45, 2.75) is 23.8 Å². The molecule has 4 rings (SSSR count). The van der Waals surface area contributed by atoms with E-state index in [0.717, 1.165) is 24.0 Å². The molecule has 1 amide bonds. The zero-order valence-corrected chi connectivity index (χ0v) is 15.0. The fraction of sp³-hybridized carbons (Fsp3) is 0.412. The fourth-order valence-corrected chi connectivity index (χ4v) is 4.89. The third-order valence-electron chi connectivity index (χ3n) is 4.85. The zero-order chi connectivity index (χ0) is 18.1. The Morgan fingerprint density at radius 2 is 2.08 bits per heavy atom. The van der Waals surface area contributed by atoms with Crippen LogP contribution in [0.5, 0.6) is 0 Å². The summed E-state index contributed by atoms with van der Waals surface area (Å²) in [6.07, 6.45) is 3.07. The van der Waals surface area contributed by atoms with Gasteiger partial charge in [0, 0.05) is 19.3 Å². The van der Waals surface area contributed by atoms with Crippen LogP contribution in [0.15, 0.2) is 35.4 Å². The van der Waals surface area contributed by atoms with Gasteiger partial charge in [-0.15, -0.1) is 0 Å². The molecule has 1 aromatic heterocycles. The molecule has 2 N–H and O–H groups in total. The molecule has 0 radical (unpaired) electrons. The quantitative estimate of drug-likeness (QED) is 0.823. The second-order valence-corrected chi connectivity index (χ2v) is 8.35. The van der Waals surface area contributed by atoms with E-state index in [0.29, 0.717) is 32.0 Å². The van der Waals surface area contributed by atoms with Crippen molar-refractivity contribution in [3.05, 3.63) is 47.3 Å². The highest BCUT2D eigenvalue weighted by atomic mass is 32.2. The van der Waals surface area contributed by atoms with E-state index >= 15 is 0 Å². The first-order chi connectivity index (χ1) is 12.6. The van der Waals surface area contributed by atoms with Crippen LogP contribution >= 0.6 is 0 Å². The Balaban J connectivity index is 1.58. The Kier molecular flexibility index (Phi) is 4.51. The predicted octanol–water partition coefficient (Wildman–Crippen LogP) is 0.848. The first kappa shape index (κ1) is 17.2. The normalized spacial score (nSPS) is 20.7. The number of amides is 1. The molecule has 0 unspecified atom stereocenters. The Morgan fingerprint density at radius 1 is 1.27 bits per heavy atom. The summed E-state index contributed by atoms with van der Waals surface area (Å²) >= 11 is 0. The summed E-state index contributed by atoms with van der Waals surface area (Å²) in [4.78, 5) is 12.5. The van der Waals surface area contributed by atoms with E-state index in [1.807, 2.05) is 6.07 Å². The smallest absolute Gasteiger partial charge is 0.269 e. The highest BCUT2D eigenvalue weighted by Gasteiger charge is 2.30. The van der Waals surface area contributed by atoms with Crippen molar-refractivity contribution < 1.29 is 17.9 Å². The van der Waals surface area contributed by atoms with Gasteiger partial charge in [0.15, 0.2) is 0 Å². The Morgan fingerprint density at radius 3 is 2.81 bits per heavy atom. The van der Waals surface area contributed by atoms with E-state index in [1.54, 1.807) is 18.2 Å². The first-order valence-corrected chi connectivity index (χ1v) is 10.0. The minimum atomic E-state index is -3.55. The van der Waals surface area contributed by atoms with Crippen LogP contribution in [0.25, 0.3) is 0 Å². The van der Waals surface area contributed by atoms with Crippen molar-refractivity contribution >= 4 is 15.9 Å². The van der Waals surface area contributed by atoms with Crippen LogP contribution in [0.2, 0.25) is 0 Å². The molecule has 1 aliphatic carbocycles. The van der Waals surface area contributed by atoms with E-state index in [2.05, 4.69) is 15.5 Å². The van der Waals surface area contributed by atoms with E-state index in [1.165, 1.54) is 10.5 Å². The van der Waals surface area contributed by atoms with Crippen LogP contribution in [0, 0.1) is 0 Å². The Labute approximate surface area is 151 Å². The highest BCUT2D eigenvalue weighted by molar-refractivity contribution is 7.89. The number of aromatic amines is 1. The SMILES string of the molecule is O=C(N[C@@H]1CCc2ccc(S(=O)(=O)N3CCOCC3)cc21)c1ccn[nH]1. The molecule has 0 bridgehead atoms. The maximum atomic E-state index is 12.9. The predicted molar refractivity (Wildman–Crippen MR) is 93.1 cm³/mol.